The summed E-state index contributed by atoms with van der Waals surface area (Å²) < 4.78 is 26.7. The number of anilines is 4. The van der Waals surface area contributed by atoms with E-state index in [-0.39, 0.29) is 54.2 Å². The van der Waals surface area contributed by atoms with Gasteiger partial charge in [0.05, 0.1) is 42.8 Å². The van der Waals surface area contributed by atoms with Crippen molar-refractivity contribution in [2.75, 3.05) is 89.1 Å². The Balaban J connectivity index is 0.000000229. The van der Waals surface area contributed by atoms with Crippen molar-refractivity contribution < 1.29 is 57.2 Å². The van der Waals surface area contributed by atoms with E-state index in [2.05, 4.69) is 33.1 Å². The van der Waals surface area contributed by atoms with Crippen LogP contribution >= 0.6 is 0 Å². The van der Waals surface area contributed by atoms with Crippen LogP contribution in [0, 0.1) is 0 Å². The van der Waals surface area contributed by atoms with Crippen LogP contribution in [0.25, 0.3) is 0 Å². The zero-order valence-corrected chi connectivity index (χ0v) is 40.1. The monoisotopic (exact) mass is 956 g/mol. The number of nitrogens with zero attached hydrogens (tertiary/aromatic N) is 4. The van der Waals surface area contributed by atoms with Gasteiger partial charge in [-0.2, -0.15) is 0 Å². The number of pyridine rings is 1. The highest BCUT2D eigenvalue weighted by Gasteiger charge is 2.46. The highest BCUT2D eigenvalue weighted by atomic mass is 16.5. The molecule has 7 amide bonds. The number of benzene rings is 2. The summed E-state index contributed by atoms with van der Waals surface area (Å²) in [6.07, 6.45) is 6.96. The Bertz CT molecular complexity index is 2340. The third-order valence-electron chi connectivity index (χ3n) is 12.1. The van der Waals surface area contributed by atoms with Crippen molar-refractivity contribution in [3.8, 4) is 11.5 Å². The van der Waals surface area contributed by atoms with Crippen LogP contribution in [0.1, 0.15) is 103 Å². The van der Waals surface area contributed by atoms with Crippen LogP contribution in [0.5, 0.6) is 11.5 Å². The number of hydrogen-bond donors (Lipinski definition) is 4. The van der Waals surface area contributed by atoms with E-state index in [4.69, 9.17) is 28.7 Å². The van der Waals surface area contributed by atoms with E-state index in [0.29, 0.717) is 74.8 Å². The van der Waals surface area contributed by atoms with Gasteiger partial charge < -0.3 is 49.4 Å². The number of hydrogen-bond acceptors (Lipinski definition) is 15. The van der Waals surface area contributed by atoms with Crippen molar-refractivity contribution in [1.82, 2.24) is 25.8 Å². The normalized spacial score (nSPS) is 17.8. The molecule has 1 unspecified atom stereocenters. The molecule has 1 saturated carbocycles. The van der Waals surface area contributed by atoms with Gasteiger partial charge in [0, 0.05) is 65.1 Å². The fourth-order valence-electron chi connectivity index (χ4n) is 8.58. The highest BCUT2D eigenvalue weighted by molar-refractivity contribution is 6.24. The molecule has 1 aromatic heterocycles. The zero-order chi connectivity index (χ0) is 49.5. The van der Waals surface area contributed by atoms with E-state index < -0.39 is 35.6 Å². The highest BCUT2D eigenvalue weighted by Crippen LogP contribution is 2.40. The Hall–Kier alpha value is -6.64. The van der Waals surface area contributed by atoms with Gasteiger partial charge in [-0.1, -0.05) is 25.8 Å². The molecular weight excluding hydrogens is 893 g/mol. The Morgan fingerprint density at radius 2 is 1.58 bits per heavy atom. The third kappa shape index (κ3) is 12.9. The number of likely N-dealkylation sites (N-methyl/N-ethyl adjacent to an activating group) is 1. The number of methoxy groups -OCH3 is 2. The molecule has 20 nitrogen and oxygen atoms in total. The maximum Gasteiger partial charge on any atom is 0.266 e. The molecule has 20 heteroatoms. The van der Waals surface area contributed by atoms with Gasteiger partial charge in [0.15, 0.2) is 12.4 Å². The standard InChI is InChI=1S/C28H39N5O4.C21H25N3O8/c1-5-16-37-17-8-15-29-27(34)20-11-12-22(24(18-20)36-4)30-25-14-13-23-26(31-25)33(21-9-6-7-10-21)19(2)28(35)32(23)3;1-30-10-11-31-9-3-8-22-17(26)12-32-15-5-2-4-13-18(15)21(29)24(20(13)28)14-6-7-16(25)23-19(14)27/h11-14,18-19,21H,5-10,15-17H2,1-4H3,(H,29,34)(H,30,31);2,4-5,14H,3,6-12H2,1H3,(H,22,26)(H,23,25,27)/t19-;/m1./s1. The summed E-state index contributed by atoms with van der Waals surface area (Å²) >= 11 is 0. The van der Waals surface area contributed by atoms with Crippen LogP contribution in [-0.2, 0) is 33.4 Å². The van der Waals surface area contributed by atoms with E-state index in [1.54, 1.807) is 31.3 Å². The maximum atomic E-state index is 13.0. The number of rotatable bonds is 22. The van der Waals surface area contributed by atoms with E-state index in [1.807, 2.05) is 32.2 Å². The quantitative estimate of drug-likeness (QED) is 0.0819. The number of piperidine rings is 1. The second-order valence-electron chi connectivity index (χ2n) is 16.9. The van der Waals surface area contributed by atoms with Crippen LogP contribution in [-0.4, -0.2) is 143 Å². The number of amides is 7. The Labute approximate surface area is 402 Å². The molecule has 372 valence electrons. The van der Waals surface area contributed by atoms with Gasteiger partial charge in [-0.3, -0.25) is 43.8 Å². The first-order valence-corrected chi connectivity index (χ1v) is 23.6. The smallest absolute Gasteiger partial charge is 0.266 e. The van der Waals surface area contributed by atoms with Crippen LogP contribution in [0.4, 0.5) is 23.0 Å². The number of carbonyl (C=O) groups is 7. The molecule has 2 atom stereocenters. The fourth-order valence-corrected chi connectivity index (χ4v) is 8.58. The molecule has 0 bridgehead atoms. The summed E-state index contributed by atoms with van der Waals surface area (Å²) in [7, 11) is 4.97. The number of nitrogens with one attached hydrogen (secondary N) is 4. The molecule has 1 saturated heterocycles. The zero-order valence-electron chi connectivity index (χ0n) is 40.1. The minimum atomic E-state index is -1.07. The summed E-state index contributed by atoms with van der Waals surface area (Å²) in [5.41, 5.74) is 2.14. The summed E-state index contributed by atoms with van der Waals surface area (Å²) in [5, 5.41) is 11.1. The molecule has 69 heavy (non-hydrogen) atoms. The minimum absolute atomic E-state index is 0.00143. The molecule has 4 N–H and O–H groups in total. The SMILES string of the molecule is CCCOCCCNC(=O)c1ccc(Nc2ccc3c(n2)N(C2CCCC2)[C@H](C)C(=O)N3C)c(OC)c1.COCCOCCCNC(=O)COc1cccc2c1C(=O)N(C1CCC(=O)NC1=O)C2=O. The lowest BCUT2D eigenvalue weighted by Crippen LogP contribution is -2.54. The predicted molar refractivity (Wildman–Crippen MR) is 255 cm³/mol. The third-order valence-corrected chi connectivity index (χ3v) is 12.1. The summed E-state index contributed by atoms with van der Waals surface area (Å²) in [5.74, 6) is -0.815. The van der Waals surface area contributed by atoms with E-state index >= 15 is 0 Å². The Kier molecular flexibility index (Phi) is 18.8. The molecule has 4 heterocycles. The van der Waals surface area contributed by atoms with Gasteiger partial charge >= 0.3 is 0 Å². The van der Waals surface area contributed by atoms with Crippen molar-refractivity contribution in [3.05, 3.63) is 65.2 Å². The van der Waals surface area contributed by atoms with Crippen LogP contribution in [0.3, 0.4) is 0 Å². The first-order chi connectivity index (χ1) is 33.4. The molecule has 4 aliphatic rings. The molecule has 7 rings (SSSR count). The lowest BCUT2D eigenvalue weighted by Gasteiger charge is -2.42. The lowest BCUT2D eigenvalue weighted by molar-refractivity contribution is -0.136. The van der Waals surface area contributed by atoms with E-state index in [9.17, 15) is 33.6 Å². The molecule has 0 spiro atoms. The maximum absolute atomic E-state index is 13.0. The molecule has 3 aromatic rings. The molecule has 2 fully saturated rings. The van der Waals surface area contributed by atoms with Crippen LogP contribution in [0.2, 0.25) is 0 Å². The van der Waals surface area contributed by atoms with Crippen molar-refractivity contribution in [1.29, 1.82) is 0 Å². The first kappa shape index (κ1) is 51.7. The molecular formula is C49H64N8O12. The van der Waals surface area contributed by atoms with Crippen molar-refractivity contribution in [2.24, 2.45) is 0 Å². The minimum Gasteiger partial charge on any atom is -0.495 e. The summed E-state index contributed by atoms with van der Waals surface area (Å²) in [6, 6.07) is 12.6. The topological polar surface area (TPSA) is 236 Å². The van der Waals surface area contributed by atoms with Crippen LogP contribution < -0.4 is 40.5 Å². The Morgan fingerprint density at radius 3 is 2.29 bits per heavy atom. The fraction of sp³-hybridized carbons (Fsp3) is 0.510. The average molecular weight is 957 g/mol. The second-order valence-corrected chi connectivity index (χ2v) is 16.9. The van der Waals surface area contributed by atoms with Gasteiger partial charge in [0.1, 0.15) is 29.4 Å². The Morgan fingerprint density at radius 1 is 0.841 bits per heavy atom. The van der Waals surface area contributed by atoms with Crippen molar-refractivity contribution >= 4 is 64.4 Å². The van der Waals surface area contributed by atoms with E-state index in [0.717, 1.165) is 48.7 Å². The second kappa shape index (κ2) is 25.1. The molecule has 2 aromatic carbocycles. The number of fused-ring (bicyclic) bond motifs is 2. The number of ether oxygens (including phenoxy) is 5. The first-order valence-electron chi connectivity index (χ1n) is 23.6. The predicted octanol–water partition coefficient (Wildman–Crippen LogP) is 4.13. The van der Waals surface area contributed by atoms with Gasteiger partial charge in [-0.05, 0) is 87.9 Å². The number of aromatic nitrogens is 1. The molecule has 1 aliphatic carbocycles. The summed E-state index contributed by atoms with van der Waals surface area (Å²) in [4.78, 5) is 96.5. The number of carbonyl (C=O) groups excluding carboxylic acids is 7. The number of imide groups is 2. The molecule has 3 aliphatic heterocycles. The van der Waals surface area contributed by atoms with Gasteiger partial charge in [-0.25, -0.2) is 4.98 Å². The van der Waals surface area contributed by atoms with Crippen molar-refractivity contribution in [2.45, 2.75) is 89.8 Å². The summed E-state index contributed by atoms with van der Waals surface area (Å²) in [6.45, 7) is 7.47. The lowest BCUT2D eigenvalue weighted by atomic mass is 10.0. The largest absolute Gasteiger partial charge is 0.495 e. The van der Waals surface area contributed by atoms with Gasteiger partial charge in [-0.15, -0.1) is 0 Å². The van der Waals surface area contributed by atoms with Crippen LogP contribution in [0.15, 0.2) is 48.5 Å². The van der Waals surface area contributed by atoms with E-state index in [1.165, 1.54) is 31.0 Å². The van der Waals surface area contributed by atoms with Crippen molar-refractivity contribution in [3.63, 3.8) is 0 Å². The average Bonchev–Trinajstić information content (AvgIpc) is 3.97. The molecule has 0 radical (unpaired) electrons. The van der Waals surface area contributed by atoms with Gasteiger partial charge in [0.25, 0.3) is 23.6 Å². The van der Waals surface area contributed by atoms with Gasteiger partial charge in [0.2, 0.25) is 17.7 Å².